The van der Waals surface area contributed by atoms with Crippen LogP contribution in [0.4, 0.5) is 5.69 Å². The van der Waals surface area contributed by atoms with Crippen molar-refractivity contribution in [2.24, 2.45) is 4.99 Å². The predicted octanol–water partition coefficient (Wildman–Crippen LogP) is 3.60. The maximum atomic E-state index is 5.08. The average molecular weight is 505 g/mol. The first-order chi connectivity index (χ1) is 11.2. The predicted molar refractivity (Wildman–Crippen MR) is 112 cm³/mol. The first-order valence-corrected chi connectivity index (χ1v) is 8.52. The summed E-state index contributed by atoms with van der Waals surface area (Å²) in [5, 5.41) is 6.81. The van der Waals surface area contributed by atoms with E-state index in [1.807, 2.05) is 6.07 Å². The first kappa shape index (κ1) is 19.1. The van der Waals surface area contributed by atoms with E-state index in [1.165, 1.54) is 5.69 Å². The molecule has 130 valence electrons. The van der Waals surface area contributed by atoms with Gasteiger partial charge in [0.05, 0.1) is 12.5 Å². The van der Waals surface area contributed by atoms with Crippen LogP contribution in [0.5, 0.6) is 0 Å². The highest BCUT2D eigenvalue weighted by Gasteiger charge is 2.23. The lowest BCUT2D eigenvalue weighted by Crippen LogP contribution is -2.44. The number of hydrogen-bond acceptors (Lipinski definition) is 3. The topological polar surface area (TPSA) is 52.8 Å². The number of guanidine groups is 1. The van der Waals surface area contributed by atoms with E-state index in [-0.39, 0.29) is 24.0 Å². The van der Waals surface area contributed by atoms with Crippen molar-refractivity contribution < 1.29 is 4.42 Å². The zero-order valence-electron chi connectivity index (χ0n) is 13.5. The Morgan fingerprint density at radius 2 is 2.12 bits per heavy atom. The Kier molecular flexibility index (Phi) is 7.41. The Bertz CT molecular complexity index is 645. The molecule has 1 saturated heterocycles. The minimum Gasteiger partial charge on any atom is -0.472 e. The standard InChI is InChI=1S/C17H21BrN4O.HI/c1-19-17(20-10-13-7-9-23-12-13)21-15-6-8-22(11-15)16-4-2-14(18)3-5-16;/h2-5,7,9,12,15H,6,8,10-11H2,1H3,(H2,19,20,21);1H. The minimum absolute atomic E-state index is 0. The molecular weight excluding hydrogens is 483 g/mol. The Morgan fingerprint density at radius 3 is 2.79 bits per heavy atom. The quantitative estimate of drug-likeness (QED) is 0.379. The summed E-state index contributed by atoms with van der Waals surface area (Å²) in [6, 6.07) is 10.8. The van der Waals surface area contributed by atoms with Crippen molar-refractivity contribution in [3.05, 3.63) is 52.9 Å². The van der Waals surface area contributed by atoms with Crippen molar-refractivity contribution in [2.75, 3.05) is 25.0 Å². The molecule has 1 unspecified atom stereocenters. The van der Waals surface area contributed by atoms with E-state index in [0.29, 0.717) is 12.6 Å². The largest absolute Gasteiger partial charge is 0.472 e. The summed E-state index contributed by atoms with van der Waals surface area (Å²) in [6.45, 7) is 2.74. The Labute approximate surface area is 168 Å². The lowest BCUT2D eigenvalue weighted by Gasteiger charge is -2.20. The summed E-state index contributed by atoms with van der Waals surface area (Å²) < 4.78 is 6.19. The van der Waals surface area contributed by atoms with Gasteiger partial charge in [-0.1, -0.05) is 15.9 Å². The number of nitrogens with one attached hydrogen (secondary N) is 2. The van der Waals surface area contributed by atoms with Crippen molar-refractivity contribution in [1.82, 2.24) is 10.6 Å². The Morgan fingerprint density at radius 1 is 1.33 bits per heavy atom. The van der Waals surface area contributed by atoms with E-state index in [0.717, 1.165) is 35.5 Å². The summed E-state index contributed by atoms with van der Waals surface area (Å²) in [5.74, 6) is 0.828. The monoisotopic (exact) mass is 504 g/mol. The van der Waals surface area contributed by atoms with Gasteiger partial charge in [-0.25, -0.2) is 0 Å². The van der Waals surface area contributed by atoms with E-state index < -0.39 is 0 Å². The van der Waals surface area contributed by atoms with Crippen molar-refractivity contribution in [2.45, 2.75) is 19.0 Å². The molecule has 1 fully saturated rings. The van der Waals surface area contributed by atoms with Gasteiger partial charge in [-0.15, -0.1) is 24.0 Å². The molecule has 1 atom stereocenters. The van der Waals surface area contributed by atoms with Crippen LogP contribution in [0.1, 0.15) is 12.0 Å². The van der Waals surface area contributed by atoms with Crippen molar-refractivity contribution in [3.8, 4) is 0 Å². The second kappa shape index (κ2) is 9.31. The molecule has 1 aliphatic heterocycles. The van der Waals surface area contributed by atoms with Crippen LogP contribution in [-0.2, 0) is 6.54 Å². The van der Waals surface area contributed by atoms with Gasteiger partial charge in [0.15, 0.2) is 5.96 Å². The van der Waals surface area contributed by atoms with Crippen LogP contribution < -0.4 is 15.5 Å². The summed E-state index contributed by atoms with van der Waals surface area (Å²) in [7, 11) is 1.80. The second-order valence-electron chi connectivity index (χ2n) is 5.61. The van der Waals surface area contributed by atoms with Crippen LogP contribution in [-0.4, -0.2) is 32.1 Å². The lowest BCUT2D eigenvalue weighted by molar-refractivity contribution is 0.562. The Hall–Kier alpha value is -1.22. The normalized spacial score (nSPS) is 17.5. The number of halogens is 2. The third-order valence-electron chi connectivity index (χ3n) is 3.98. The molecule has 1 aromatic heterocycles. The molecule has 2 heterocycles. The number of hydrogen-bond donors (Lipinski definition) is 2. The molecule has 5 nitrogen and oxygen atoms in total. The molecule has 0 amide bonds. The number of furan rings is 1. The summed E-state index contributed by atoms with van der Waals surface area (Å²) in [4.78, 5) is 6.70. The SMILES string of the molecule is CN=C(NCc1ccoc1)NC1CCN(c2ccc(Br)cc2)C1.I. The van der Waals surface area contributed by atoms with Gasteiger partial charge in [0.2, 0.25) is 0 Å². The van der Waals surface area contributed by atoms with Crippen molar-refractivity contribution in [1.29, 1.82) is 0 Å². The van der Waals surface area contributed by atoms with Crippen molar-refractivity contribution >= 4 is 51.6 Å². The van der Waals surface area contributed by atoms with Gasteiger partial charge in [-0.3, -0.25) is 4.99 Å². The summed E-state index contributed by atoms with van der Waals surface area (Å²) in [5.41, 5.74) is 2.37. The van der Waals surface area contributed by atoms with E-state index >= 15 is 0 Å². The molecule has 24 heavy (non-hydrogen) atoms. The smallest absolute Gasteiger partial charge is 0.191 e. The molecule has 2 N–H and O–H groups in total. The van der Waals surface area contributed by atoms with Gasteiger partial charge < -0.3 is 20.0 Å². The van der Waals surface area contributed by atoms with Gasteiger partial charge in [-0.2, -0.15) is 0 Å². The van der Waals surface area contributed by atoms with Crippen LogP contribution in [0.15, 0.2) is 56.7 Å². The van der Waals surface area contributed by atoms with Gasteiger partial charge in [0, 0.05) is 48.4 Å². The number of anilines is 1. The van der Waals surface area contributed by atoms with Crippen LogP contribution in [0.25, 0.3) is 0 Å². The second-order valence-corrected chi connectivity index (χ2v) is 6.53. The van der Waals surface area contributed by atoms with Gasteiger partial charge in [-0.05, 0) is 36.8 Å². The number of nitrogens with zero attached hydrogens (tertiary/aromatic N) is 2. The average Bonchev–Trinajstić information content (AvgIpc) is 3.24. The molecule has 1 aromatic carbocycles. The number of rotatable bonds is 4. The Balaban J connectivity index is 0.00000208. The zero-order valence-corrected chi connectivity index (χ0v) is 17.5. The molecule has 0 saturated carbocycles. The summed E-state index contributed by atoms with van der Waals surface area (Å²) >= 11 is 3.48. The molecule has 1 aliphatic rings. The molecule has 7 heteroatoms. The molecular formula is C17H22BrIN4O. The van der Waals surface area contributed by atoms with E-state index in [2.05, 4.69) is 60.7 Å². The van der Waals surface area contributed by atoms with Crippen LogP contribution >= 0.6 is 39.9 Å². The highest BCUT2D eigenvalue weighted by molar-refractivity contribution is 14.0. The molecule has 0 bridgehead atoms. The molecule has 3 rings (SSSR count). The molecule has 0 spiro atoms. The van der Waals surface area contributed by atoms with Crippen LogP contribution in [0, 0.1) is 0 Å². The minimum atomic E-state index is 0. The summed E-state index contributed by atoms with van der Waals surface area (Å²) in [6.07, 6.45) is 4.52. The third kappa shape index (κ3) is 5.14. The van der Waals surface area contributed by atoms with Crippen molar-refractivity contribution in [3.63, 3.8) is 0 Å². The third-order valence-corrected chi connectivity index (χ3v) is 4.51. The fourth-order valence-corrected chi connectivity index (χ4v) is 3.00. The van der Waals surface area contributed by atoms with Crippen LogP contribution in [0.3, 0.4) is 0 Å². The fourth-order valence-electron chi connectivity index (χ4n) is 2.73. The first-order valence-electron chi connectivity index (χ1n) is 7.73. The number of aliphatic imine (C=N–C) groups is 1. The highest BCUT2D eigenvalue weighted by Crippen LogP contribution is 2.22. The van der Waals surface area contributed by atoms with E-state index in [9.17, 15) is 0 Å². The maximum Gasteiger partial charge on any atom is 0.191 e. The molecule has 0 aliphatic carbocycles. The van der Waals surface area contributed by atoms with E-state index in [4.69, 9.17) is 4.42 Å². The molecule has 0 radical (unpaired) electrons. The number of benzene rings is 1. The van der Waals surface area contributed by atoms with E-state index in [1.54, 1.807) is 19.6 Å². The van der Waals surface area contributed by atoms with Gasteiger partial charge >= 0.3 is 0 Å². The van der Waals surface area contributed by atoms with Gasteiger partial charge in [0.1, 0.15) is 0 Å². The molecule has 2 aromatic rings. The highest BCUT2D eigenvalue weighted by atomic mass is 127. The fraction of sp³-hybridized carbons (Fsp3) is 0.353. The maximum absolute atomic E-state index is 5.08. The lowest BCUT2D eigenvalue weighted by atomic mass is 10.2. The zero-order chi connectivity index (χ0) is 16.1. The van der Waals surface area contributed by atoms with Gasteiger partial charge in [0.25, 0.3) is 0 Å². The van der Waals surface area contributed by atoms with Crippen LogP contribution in [0.2, 0.25) is 0 Å².